The molecule has 0 aromatic heterocycles. The molecule has 0 spiro atoms. The molecule has 1 heterocycles. The summed E-state index contributed by atoms with van der Waals surface area (Å²) in [6.07, 6.45) is 3.59. The van der Waals surface area contributed by atoms with Crippen LogP contribution in [-0.4, -0.2) is 18.6 Å². The second-order valence-electron chi connectivity index (χ2n) is 3.19. The van der Waals surface area contributed by atoms with Crippen molar-refractivity contribution in [1.29, 1.82) is 0 Å². The van der Waals surface area contributed by atoms with Crippen molar-refractivity contribution in [2.24, 2.45) is 0 Å². The molecule has 1 rings (SSSR count). The van der Waals surface area contributed by atoms with E-state index in [0.717, 1.165) is 25.1 Å². The third-order valence-electron chi connectivity index (χ3n) is 1.62. The summed E-state index contributed by atoms with van der Waals surface area (Å²) in [7, 11) is 0. The lowest BCUT2D eigenvalue weighted by molar-refractivity contribution is -0.141. The van der Waals surface area contributed by atoms with Gasteiger partial charge in [-0.25, -0.2) is 4.79 Å². The van der Waals surface area contributed by atoms with E-state index in [0.29, 0.717) is 0 Å². The quantitative estimate of drug-likeness (QED) is 0.498. The number of esters is 1. The van der Waals surface area contributed by atoms with Crippen LogP contribution in [0.3, 0.4) is 0 Å². The maximum atomic E-state index is 11.1. The highest BCUT2D eigenvalue weighted by Crippen LogP contribution is 2.08. The minimum atomic E-state index is -0.241. The summed E-state index contributed by atoms with van der Waals surface area (Å²) in [4.78, 5) is 11.1. The molecule has 1 N–H and O–H groups in total. The van der Waals surface area contributed by atoms with Gasteiger partial charge in [-0.3, -0.25) is 0 Å². The fourth-order valence-electron chi connectivity index (χ4n) is 1.15. The van der Waals surface area contributed by atoms with Gasteiger partial charge in [-0.2, -0.15) is 0 Å². The molecule has 68 valence electrons. The zero-order chi connectivity index (χ0) is 8.97. The molecule has 0 aromatic rings. The molecule has 0 unspecified atom stereocenters. The molecule has 1 aliphatic rings. The largest absolute Gasteiger partial charge is 0.460 e. The van der Waals surface area contributed by atoms with Crippen LogP contribution >= 0.6 is 0 Å². The van der Waals surface area contributed by atoms with E-state index in [4.69, 9.17) is 4.74 Å². The molecular formula is C9H15NO2. The highest BCUT2D eigenvalue weighted by atomic mass is 16.5. The molecule has 0 saturated carbocycles. The predicted octanol–water partition coefficient (Wildman–Crippen LogP) is 1.21. The molecule has 0 amide bonds. The second kappa shape index (κ2) is 4.14. The number of allylic oxidation sites excluding steroid dienone is 1. The summed E-state index contributed by atoms with van der Waals surface area (Å²) >= 11 is 0. The van der Waals surface area contributed by atoms with Gasteiger partial charge in [-0.15, -0.1) is 0 Å². The number of nitrogens with one attached hydrogen (secondary N) is 1. The van der Waals surface area contributed by atoms with Gasteiger partial charge in [0.1, 0.15) is 0 Å². The summed E-state index contributed by atoms with van der Waals surface area (Å²) in [5.74, 6) is -0.241. The van der Waals surface area contributed by atoms with Gasteiger partial charge in [0.15, 0.2) is 0 Å². The Bertz CT molecular complexity index is 189. The van der Waals surface area contributed by atoms with Crippen molar-refractivity contribution in [3.63, 3.8) is 0 Å². The van der Waals surface area contributed by atoms with Crippen LogP contribution in [0.4, 0.5) is 0 Å². The van der Waals surface area contributed by atoms with Crippen LogP contribution < -0.4 is 5.32 Å². The Hall–Kier alpha value is -0.990. The van der Waals surface area contributed by atoms with E-state index in [1.807, 2.05) is 13.8 Å². The number of ether oxygens (including phenoxy) is 1. The van der Waals surface area contributed by atoms with Gasteiger partial charge in [-0.05, 0) is 26.7 Å². The lowest BCUT2D eigenvalue weighted by Crippen LogP contribution is -2.12. The van der Waals surface area contributed by atoms with Gasteiger partial charge in [0, 0.05) is 18.3 Å². The third kappa shape index (κ3) is 2.95. The Morgan fingerprint density at radius 2 is 2.42 bits per heavy atom. The highest BCUT2D eigenvalue weighted by Gasteiger charge is 2.08. The number of rotatable bonds is 2. The maximum absolute atomic E-state index is 11.1. The third-order valence-corrected chi connectivity index (χ3v) is 1.62. The first-order valence-electron chi connectivity index (χ1n) is 4.33. The van der Waals surface area contributed by atoms with Crippen molar-refractivity contribution in [2.75, 3.05) is 6.54 Å². The molecular weight excluding hydrogens is 154 g/mol. The van der Waals surface area contributed by atoms with E-state index in [-0.39, 0.29) is 12.1 Å². The molecule has 0 aromatic carbocycles. The van der Waals surface area contributed by atoms with Crippen LogP contribution in [0, 0.1) is 0 Å². The van der Waals surface area contributed by atoms with Crippen LogP contribution in [0.5, 0.6) is 0 Å². The monoisotopic (exact) mass is 169 g/mol. The van der Waals surface area contributed by atoms with Gasteiger partial charge in [0.2, 0.25) is 0 Å². The summed E-state index contributed by atoms with van der Waals surface area (Å²) in [6.45, 7) is 4.66. The zero-order valence-corrected chi connectivity index (χ0v) is 7.59. The van der Waals surface area contributed by atoms with Gasteiger partial charge in [-0.1, -0.05) is 0 Å². The van der Waals surface area contributed by atoms with Crippen molar-refractivity contribution in [3.05, 3.63) is 11.8 Å². The summed E-state index contributed by atoms with van der Waals surface area (Å²) < 4.78 is 4.96. The summed E-state index contributed by atoms with van der Waals surface area (Å²) in [5, 5.41) is 3.12. The molecule has 1 aliphatic heterocycles. The first kappa shape index (κ1) is 9.10. The number of hydrogen-bond acceptors (Lipinski definition) is 3. The normalized spacial score (nSPS) is 19.8. The molecule has 0 bridgehead atoms. The van der Waals surface area contributed by atoms with E-state index >= 15 is 0 Å². The van der Waals surface area contributed by atoms with Gasteiger partial charge in [0.25, 0.3) is 0 Å². The number of carbonyl (C=O) groups excluding carboxylic acids is 1. The van der Waals surface area contributed by atoms with Crippen LogP contribution in [-0.2, 0) is 9.53 Å². The van der Waals surface area contributed by atoms with Crippen molar-refractivity contribution in [1.82, 2.24) is 5.32 Å². The van der Waals surface area contributed by atoms with Crippen molar-refractivity contribution in [3.8, 4) is 0 Å². The Morgan fingerprint density at radius 3 is 2.92 bits per heavy atom. The highest BCUT2D eigenvalue weighted by molar-refractivity contribution is 5.82. The maximum Gasteiger partial charge on any atom is 0.332 e. The fraction of sp³-hybridized carbons (Fsp3) is 0.667. The van der Waals surface area contributed by atoms with E-state index in [2.05, 4.69) is 5.32 Å². The van der Waals surface area contributed by atoms with Crippen molar-refractivity contribution in [2.45, 2.75) is 32.8 Å². The SMILES string of the molecule is CC(C)OC(=O)/C=C1/CCCN1. The van der Waals surface area contributed by atoms with E-state index in [1.54, 1.807) is 6.08 Å². The number of hydrogen-bond donors (Lipinski definition) is 1. The van der Waals surface area contributed by atoms with E-state index < -0.39 is 0 Å². The van der Waals surface area contributed by atoms with Gasteiger partial charge < -0.3 is 10.1 Å². The Balaban J connectivity index is 2.38. The average Bonchev–Trinajstić information content (AvgIpc) is 2.37. The molecule has 1 saturated heterocycles. The first-order chi connectivity index (χ1) is 5.68. The molecule has 0 atom stereocenters. The molecule has 3 nitrogen and oxygen atoms in total. The first-order valence-corrected chi connectivity index (χ1v) is 4.33. The standard InChI is InChI=1S/C9H15NO2/c1-7(2)12-9(11)6-8-4-3-5-10-8/h6-7,10H,3-5H2,1-2H3/b8-6-. The van der Waals surface area contributed by atoms with Crippen molar-refractivity contribution >= 4 is 5.97 Å². The van der Waals surface area contributed by atoms with E-state index in [9.17, 15) is 4.79 Å². The minimum Gasteiger partial charge on any atom is -0.460 e. The molecule has 0 radical (unpaired) electrons. The minimum absolute atomic E-state index is 0.0317. The van der Waals surface area contributed by atoms with Crippen LogP contribution in [0.2, 0.25) is 0 Å². The lowest BCUT2D eigenvalue weighted by atomic mass is 10.3. The smallest absolute Gasteiger partial charge is 0.332 e. The van der Waals surface area contributed by atoms with Gasteiger partial charge in [0.05, 0.1) is 6.10 Å². The molecule has 1 fully saturated rings. The molecule has 3 heteroatoms. The molecule has 0 aliphatic carbocycles. The van der Waals surface area contributed by atoms with E-state index in [1.165, 1.54) is 0 Å². The summed E-state index contributed by atoms with van der Waals surface area (Å²) in [6, 6.07) is 0. The topological polar surface area (TPSA) is 38.3 Å². The zero-order valence-electron chi connectivity index (χ0n) is 7.59. The average molecular weight is 169 g/mol. The van der Waals surface area contributed by atoms with Crippen LogP contribution in [0.25, 0.3) is 0 Å². The second-order valence-corrected chi connectivity index (χ2v) is 3.19. The number of carbonyl (C=O) groups is 1. The Morgan fingerprint density at radius 1 is 1.67 bits per heavy atom. The predicted molar refractivity (Wildman–Crippen MR) is 46.5 cm³/mol. The Labute approximate surface area is 72.8 Å². The summed E-state index contributed by atoms with van der Waals surface area (Å²) in [5.41, 5.74) is 1.00. The lowest BCUT2D eigenvalue weighted by Gasteiger charge is -2.05. The van der Waals surface area contributed by atoms with Gasteiger partial charge >= 0.3 is 5.97 Å². The molecule has 12 heavy (non-hydrogen) atoms. The van der Waals surface area contributed by atoms with Crippen LogP contribution in [0.1, 0.15) is 26.7 Å². The Kier molecular flexibility index (Phi) is 3.14. The fourth-order valence-corrected chi connectivity index (χ4v) is 1.15. The van der Waals surface area contributed by atoms with Crippen molar-refractivity contribution < 1.29 is 9.53 Å². The van der Waals surface area contributed by atoms with Crippen LogP contribution in [0.15, 0.2) is 11.8 Å².